The van der Waals surface area contributed by atoms with Crippen molar-refractivity contribution in [3.05, 3.63) is 47.5 Å². The number of rotatable bonds is 7. The molecular formula is C21H24N2O6. The summed E-state index contributed by atoms with van der Waals surface area (Å²) in [6.45, 7) is 0. The van der Waals surface area contributed by atoms with E-state index >= 15 is 0 Å². The second-order valence-electron chi connectivity index (χ2n) is 6.18. The second kappa shape index (κ2) is 8.64. The normalized spacial score (nSPS) is 15.6. The standard InChI is InChI=1S/C21H24N2O6/c1-25-16-7-6-12(8-17(16)26-2)14-11-15(23-21(24)22-14)13-9-18(27-3)20(29-5)19(10-13)28-4/h6-11,15H,1-5H3,(H2,22,23,24). The fourth-order valence-corrected chi connectivity index (χ4v) is 3.18. The van der Waals surface area contributed by atoms with Gasteiger partial charge in [-0.1, -0.05) is 0 Å². The molecule has 2 N–H and O–H groups in total. The maximum absolute atomic E-state index is 12.3. The van der Waals surface area contributed by atoms with Crippen LogP contribution in [0, 0.1) is 0 Å². The maximum Gasteiger partial charge on any atom is 0.319 e. The second-order valence-corrected chi connectivity index (χ2v) is 6.18. The third kappa shape index (κ3) is 4.01. The van der Waals surface area contributed by atoms with E-state index in [-0.39, 0.29) is 6.03 Å². The van der Waals surface area contributed by atoms with Crippen LogP contribution >= 0.6 is 0 Å². The van der Waals surface area contributed by atoms with Gasteiger partial charge in [-0.25, -0.2) is 4.79 Å². The van der Waals surface area contributed by atoms with Crippen LogP contribution in [-0.2, 0) is 0 Å². The smallest absolute Gasteiger partial charge is 0.319 e. The van der Waals surface area contributed by atoms with Gasteiger partial charge in [-0.05, 0) is 42.0 Å². The Morgan fingerprint density at radius 1 is 0.759 bits per heavy atom. The topological polar surface area (TPSA) is 87.3 Å². The molecule has 1 heterocycles. The lowest BCUT2D eigenvalue weighted by Crippen LogP contribution is -2.40. The van der Waals surface area contributed by atoms with Crippen LogP contribution in [0.25, 0.3) is 5.70 Å². The minimum absolute atomic E-state index is 0.323. The highest BCUT2D eigenvalue weighted by Gasteiger charge is 2.24. The summed E-state index contributed by atoms with van der Waals surface area (Å²) in [6.07, 6.45) is 1.91. The van der Waals surface area contributed by atoms with Gasteiger partial charge >= 0.3 is 6.03 Å². The van der Waals surface area contributed by atoms with E-state index in [1.54, 1.807) is 53.7 Å². The summed E-state index contributed by atoms with van der Waals surface area (Å²) in [7, 11) is 7.78. The lowest BCUT2D eigenvalue weighted by molar-refractivity contribution is 0.241. The maximum atomic E-state index is 12.3. The first-order valence-electron chi connectivity index (χ1n) is 8.86. The molecule has 2 aromatic rings. The van der Waals surface area contributed by atoms with E-state index in [2.05, 4.69) is 10.6 Å². The molecule has 0 fully saturated rings. The van der Waals surface area contributed by atoms with Gasteiger partial charge in [0.25, 0.3) is 0 Å². The first-order valence-corrected chi connectivity index (χ1v) is 8.86. The zero-order chi connectivity index (χ0) is 21.0. The minimum Gasteiger partial charge on any atom is -0.493 e. The Balaban J connectivity index is 2.04. The Labute approximate surface area is 169 Å². The van der Waals surface area contributed by atoms with Gasteiger partial charge in [-0.2, -0.15) is 0 Å². The van der Waals surface area contributed by atoms with Crippen LogP contribution in [0.15, 0.2) is 36.4 Å². The molecule has 8 nitrogen and oxygen atoms in total. The van der Waals surface area contributed by atoms with Crippen LogP contribution in [0.4, 0.5) is 4.79 Å². The molecule has 1 unspecified atom stereocenters. The zero-order valence-electron chi connectivity index (χ0n) is 17.0. The van der Waals surface area contributed by atoms with Crippen molar-refractivity contribution in [3.8, 4) is 28.7 Å². The lowest BCUT2D eigenvalue weighted by atomic mass is 10.0. The molecule has 0 aromatic heterocycles. The molecule has 1 aliphatic rings. The SMILES string of the molecule is COc1ccc(C2=CC(c3cc(OC)c(OC)c(OC)c3)NC(=O)N2)cc1OC. The highest BCUT2D eigenvalue weighted by molar-refractivity contribution is 5.89. The summed E-state index contributed by atoms with van der Waals surface area (Å²) < 4.78 is 26.9. The molecule has 3 rings (SSSR count). The number of carbonyl (C=O) groups excluding carboxylic acids is 1. The monoisotopic (exact) mass is 400 g/mol. The lowest BCUT2D eigenvalue weighted by Gasteiger charge is -2.25. The molecule has 29 heavy (non-hydrogen) atoms. The van der Waals surface area contributed by atoms with E-state index in [0.29, 0.717) is 34.4 Å². The van der Waals surface area contributed by atoms with Crippen LogP contribution in [0.2, 0.25) is 0 Å². The molecular weight excluding hydrogens is 376 g/mol. The number of benzene rings is 2. The molecule has 8 heteroatoms. The van der Waals surface area contributed by atoms with Crippen molar-refractivity contribution in [1.29, 1.82) is 0 Å². The Hall–Kier alpha value is -3.55. The summed E-state index contributed by atoms with van der Waals surface area (Å²) >= 11 is 0. The highest BCUT2D eigenvalue weighted by Crippen LogP contribution is 2.40. The summed E-state index contributed by atoms with van der Waals surface area (Å²) in [4.78, 5) is 12.3. The van der Waals surface area contributed by atoms with Gasteiger partial charge in [-0.3, -0.25) is 0 Å². The molecule has 2 amide bonds. The fraction of sp³-hybridized carbons (Fsp3) is 0.286. The average molecular weight is 400 g/mol. The predicted molar refractivity (Wildman–Crippen MR) is 108 cm³/mol. The molecule has 1 atom stereocenters. The van der Waals surface area contributed by atoms with Crippen LogP contribution in [-0.4, -0.2) is 41.6 Å². The Bertz CT molecular complexity index is 916. The van der Waals surface area contributed by atoms with Crippen LogP contribution in [0.1, 0.15) is 17.2 Å². The third-order valence-corrected chi connectivity index (χ3v) is 4.61. The van der Waals surface area contributed by atoms with Gasteiger partial charge in [0.15, 0.2) is 23.0 Å². The number of methoxy groups -OCH3 is 5. The largest absolute Gasteiger partial charge is 0.493 e. The molecule has 0 radical (unpaired) electrons. The van der Waals surface area contributed by atoms with E-state index < -0.39 is 6.04 Å². The first-order chi connectivity index (χ1) is 14.0. The molecule has 0 bridgehead atoms. The predicted octanol–water partition coefficient (Wildman–Crippen LogP) is 3.12. The first kappa shape index (κ1) is 20.2. The molecule has 2 aromatic carbocycles. The van der Waals surface area contributed by atoms with Gasteiger partial charge in [0, 0.05) is 11.3 Å². The van der Waals surface area contributed by atoms with Gasteiger partial charge in [0.2, 0.25) is 5.75 Å². The highest BCUT2D eigenvalue weighted by atomic mass is 16.5. The van der Waals surface area contributed by atoms with Crippen molar-refractivity contribution in [2.24, 2.45) is 0 Å². The van der Waals surface area contributed by atoms with E-state index in [1.165, 1.54) is 0 Å². The van der Waals surface area contributed by atoms with Crippen molar-refractivity contribution in [2.75, 3.05) is 35.5 Å². The Morgan fingerprint density at radius 3 is 1.93 bits per heavy atom. The molecule has 0 saturated heterocycles. The molecule has 0 aliphatic carbocycles. The Kier molecular flexibility index (Phi) is 6.01. The number of amides is 2. The number of ether oxygens (including phenoxy) is 5. The van der Waals surface area contributed by atoms with Crippen molar-refractivity contribution in [3.63, 3.8) is 0 Å². The van der Waals surface area contributed by atoms with E-state index in [1.807, 2.05) is 18.2 Å². The van der Waals surface area contributed by atoms with E-state index in [0.717, 1.165) is 11.1 Å². The van der Waals surface area contributed by atoms with Gasteiger partial charge in [0.1, 0.15) is 0 Å². The fourth-order valence-electron chi connectivity index (χ4n) is 3.18. The Morgan fingerprint density at radius 2 is 1.38 bits per heavy atom. The molecule has 154 valence electrons. The summed E-state index contributed by atoms with van der Waals surface area (Å²) in [5.41, 5.74) is 2.22. The van der Waals surface area contributed by atoms with Crippen molar-refractivity contribution < 1.29 is 28.5 Å². The number of urea groups is 1. The third-order valence-electron chi connectivity index (χ3n) is 4.61. The van der Waals surface area contributed by atoms with Gasteiger partial charge in [0.05, 0.1) is 41.6 Å². The van der Waals surface area contributed by atoms with Crippen molar-refractivity contribution in [1.82, 2.24) is 10.6 Å². The van der Waals surface area contributed by atoms with Gasteiger partial charge in [-0.15, -0.1) is 0 Å². The summed E-state index contributed by atoms with van der Waals surface area (Å²) in [6, 6.07) is 8.34. The number of nitrogens with one attached hydrogen (secondary N) is 2. The van der Waals surface area contributed by atoms with E-state index in [9.17, 15) is 4.79 Å². The molecule has 1 aliphatic heterocycles. The van der Waals surface area contributed by atoms with Crippen molar-refractivity contribution >= 4 is 11.7 Å². The summed E-state index contributed by atoms with van der Waals surface area (Å²) in [5.74, 6) is 2.69. The van der Waals surface area contributed by atoms with Crippen molar-refractivity contribution in [2.45, 2.75) is 6.04 Å². The van der Waals surface area contributed by atoms with Crippen LogP contribution < -0.4 is 34.3 Å². The molecule has 0 saturated carbocycles. The molecule has 0 spiro atoms. The zero-order valence-corrected chi connectivity index (χ0v) is 17.0. The number of hydrogen-bond acceptors (Lipinski definition) is 6. The minimum atomic E-state index is -0.402. The number of carbonyl (C=O) groups is 1. The summed E-state index contributed by atoms with van der Waals surface area (Å²) in [5, 5.41) is 5.72. The van der Waals surface area contributed by atoms with Crippen LogP contribution in [0.5, 0.6) is 28.7 Å². The number of hydrogen-bond donors (Lipinski definition) is 2. The average Bonchev–Trinajstić information content (AvgIpc) is 2.76. The quantitative estimate of drug-likeness (QED) is 0.743. The van der Waals surface area contributed by atoms with E-state index in [4.69, 9.17) is 23.7 Å². The van der Waals surface area contributed by atoms with Gasteiger partial charge < -0.3 is 34.3 Å². The van der Waals surface area contributed by atoms with Crippen LogP contribution in [0.3, 0.4) is 0 Å².